The van der Waals surface area contributed by atoms with Gasteiger partial charge in [0.2, 0.25) is 5.91 Å². The second-order valence-corrected chi connectivity index (χ2v) is 6.36. The molecule has 1 unspecified atom stereocenters. The van der Waals surface area contributed by atoms with Crippen LogP contribution in [0.4, 0.5) is 5.69 Å². The molecule has 0 aliphatic carbocycles. The number of rotatable bonds is 3. The number of anilines is 1. The number of carbonyl (C=O) groups excluding carboxylic acids is 1. The summed E-state index contributed by atoms with van der Waals surface area (Å²) in [4.78, 5) is 18.3. The first-order chi connectivity index (χ1) is 11.6. The molecule has 1 aliphatic rings. The Kier molecular flexibility index (Phi) is 4.86. The minimum absolute atomic E-state index is 0.0313. The van der Waals surface area contributed by atoms with Gasteiger partial charge in [-0.3, -0.25) is 9.79 Å². The fourth-order valence-electron chi connectivity index (χ4n) is 2.91. The number of halogens is 1. The van der Waals surface area contributed by atoms with E-state index in [1.807, 2.05) is 43.4 Å². The topological polar surface area (TPSA) is 44.7 Å². The van der Waals surface area contributed by atoms with Gasteiger partial charge in [-0.05, 0) is 18.2 Å². The van der Waals surface area contributed by atoms with Crippen molar-refractivity contribution in [3.8, 4) is 0 Å². The van der Waals surface area contributed by atoms with Crippen molar-refractivity contribution < 1.29 is 4.79 Å². The first-order valence-corrected chi connectivity index (χ1v) is 8.31. The Morgan fingerprint density at radius 2 is 2.04 bits per heavy atom. The maximum atomic E-state index is 11.3. The molecular formula is C19H20ClN3O. The fourth-order valence-corrected chi connectivity index (χ4v) is 3.08. The third-order valence-electron chi connectivity index (χ3n) is 4.24. The van der Waals surface area contributed by atoms with Crippen LogP contribution in [0, 0.1) is 0 Å². The van der Waals surface area contributed by atoms with Gasteiger partial charge in [0.25, 0.3) is 0 Å². The molecule has 2 aromatic carbocycles. The van der Waals surface area contributed by atoms with Gasteiger partial charge in [0.15, 0.2) is 0 Å². The highest BCUT2D eigenvalue weighted by Gasteiger charge is 2.24. The van der Waals surface area contributed by atoms with Gasteiger partial charge in [0.1, 0.15) is 0 Å². The lowest BCUT2D eigenvalue weighted by atomic mass is 10.0. The molecule has 1 amide bonds. The summed E-state index contributed by atoms with van der Waals surface area (Å²) in [6.45, 7) is 2.69. The van der Waals surface area contributed by atoms with E-state index in [9.17, 15) is 4.79 Å². The Bertz CT molecular complexity index is 773. The summed E-state index contributed by atoms with van der Waals surface area (Å²) in [5.41, 5.74) is 4.08. The van der Waals surface area contributed by atoms with Crippen molar-refractivity contribution in [1.29, 1.82) is 0 Å². The lowest BCUT2D eigenvalue weighted by Crippen LogP contribution is -2.43. The second-order valence-electron chi connectivity index (χ2n) is 5.92. The molecule has 0 bridgehead atoms. The van der Waals surface area contributed by atoms with Crippen LogP contribution in [0.5, 0.6) is 0 Å². The molecular weight excluding hydrogens is 322 g/mol. The Balaban J connectivity index is 2.05. The van der Waals surface area contributed by atoms with Crippen LogP contribution in [0.2, 0.25) is 5.02 Å². The summed E-state index contributed by atoms with van der Waals surface area (Å²) in [5.74, 6) is -0.0313. The molecule has 3 rings (SSSR count). The van der Waals surface area contributed by atoms with E-state index in [1.54, 1.807) is 0 Å². The summed E-state index contributed by atoms with van der Waals surface area (Å²) in [6, 6.07) is 16.1. The van der Waals surface area contributed by atoms with Gasteiger partial charge in [0.05, 0.1) is 18.3 Å². The van der Waals surface area contributed by atoms with E-state index >= 15 is 0 Å². The molecule has 1 N–H and O–H groups in total. The average molecular weight is 342 g/mol. The standard InChI is InChI=1S/C19H20ClN3O/c1-13(24)21-11-16-12-22-19(14-6-4-3-5-7-14)17-10-15(20)8-9-18(17)23(16)2/h3-10,16H,11-12H2,1-2H3,(H,21,24). The van der Waals surface area contributed by atoms with Crippen molar-refractivity contribution in [2.75, 3.05) is 25.0 Å². The van der Waals surface area contributed by atoms with Crippen LogP contribution in [0.1, 0.15) is 18.1 Å². The number of hydrogen-bond donors (Lipinski definition) is 1. The van der Waals surface area contributed by atoms with Crippen LogP contribution in [-0.4, -0.2) is 37.8 Å². The quantitative estimate of drug-likeness (QED) is 0.932. The number of nitrogens with zero attached hydrogens (tertiary/aromatic N) is 2. The van der Waals surface area contributed by atoms with Gasteiger partial charge in [-0.25, -0.2) is 0 Å². The van der Waals surface area contributed by atoms with Crippen LogP contribution in [0.3, 0.4) is 0 Å². The molecule has 0 fully saturated rings. The summed E-state index contributed by atoms with van der Waals surface area (Å²) >= 11 is 6.24. The van der Waals surface area contributed by atoms with Gasteiger partial charge in [0, 0.05) is 42.4 Å². The molecule has 0 aromatic heterocycles. The summed E-state index contributed by atoms with van der Waals surface area (Å²) < 4.78 is 0. The van der Waals surface area contributed by atoms with E-state index < -0.39 is 0 Å². The van der Waals surface area contributed by atoms with Crippen LogP contribution < -0.4 is 10.2 Å². The smallest absolute Gasteiger partial charge is 0.216 e. The molecule has 2 aromatic rings. The van der Waals surface area contributed by atoms with Gasteiger partial charge < -0.3 is 10.2 Å². The number of aliphatic imine (C=N–C) groups is 1. The fraction of sp³-hybridized carbons (Fsp3) is 0.263. The largest absolute Gasteiger partial charge is 0.367 e. The summed E-state index contributed by atoms with van der Waals surface area (Å²) in [7, 11) is 2.03. The van der Waals surface area contributed by atoms with E-state index in [2.05, 4.69) is 22.3 Å². The lowest BCUT2D eigenvalue weighted by molar-refractivity contribution is -0.119. The molecule has 0 saturated heterocycles. The number of fused-ring (bicyclic) bond motifs is 1. The highest BCUT2D eigenvalue weighted by molar-refractivity contribution is 6.31. The zero-order valence-corrected chi connectivity index (χ0v) is 14.5. The molecule has 1 atom stereocenters. The van der Waals surface area contributed by atoms with E-state index in [0.717, 1.165) is 22.5 Å². The first kappa shape index (κ1) is 16.5. The van der Waals surface area contributed by atoms with E-state index in [4.69, 9.17) is 16.6 Å². The number of likely N-dealkylation sites (N-methyl/N-ethyl adjacent to an activating group) is 1. The number of amides is 1. The van der Waals surface area contributed by atoms with E-state index in [1.165, 1.54) is 6.92 Å². The van der Waals surface area contributed by atoms with E-state index in [0.29, 0.717) is 18.1 Å². The Hall–Kier alpha value is -2.33. The molecule has 1 heterocycles. The van der Waals surface area contributed by atoms with E-state index in [-0.39, 0.29) is 11.9 Å². The molecule has 124 valence electrons. The molecule has 5 heteroatoms. The number of benzene rings is 2. The predicted molar refractivity (Wildman–Crippen MR) is 99.3 cm³/mol. The zero-order valence-electron chi connectivity index (χ0n) is 13.8. The van der Waals surface area contributed by atoms with Gasteiger partial charge in [-0.1, -0.05) is 41.9 Å². The number of nitrogens with one attached hydrogen (secondary N) is 1. The third-order valence-corrected chi connectivity index (χ3v) is 4.47. The van der Waals surface area contributed by atoms with Crippen LogP contribution in [0.15, 0.2) is 53.5 Å². The molecule has 0 spiro atoms. The molecule has 1 aliphatic heterocycles. The third kappa shape index (κ3) is 3.44. The lowest BCUT2D eigenvalue weighted by Gasteiger charge is -2.28. The van der Waals surface area contributed by atoms with Gasteiger partial charge >= 0.3 is 0 Å². The van der Waals surface area contributed by atoms with Crippen LogP contribution in [0.25, 0.3) is 0 Å². The van der Waals surface area contributed by atoms with Crippen molar-refractivity contribution >= 4 is 28.9 Å². The SMILES string of the molecule is CC(=O)NCC1CN=C(c2ccccc2)c2cc(Cl)ccc2N1C. The minimum Gasteiger partial charge on any atom is -0.367 e. The number of hydrogen-bond acceptors (Lipinski definition) is 3. The highest BCUT2D eigenvalue weighted by Crippen LogP contribution is 2.30. The van der Waals surface area contributed by atoms with Crippen molar-refractivity contribution in [3.63, 3.8) is 0 Å². The van der Waals surface area contributed by atoms with Crippen LogP contribution >= 0.6 is 11.6 Å². The van der Waals surface area contributed by atoms with Crippen molar-refractivity contribution in [2.45, 2.75) is 13.0 Å². The molecule has 0 radical (unpaired) electrons. The van der Waals surface area contributed by atoms with Crippen LogP contribution in [-0.2, 0) is 4.79 Å². The monoisotopic (exact) mass is 341 g/mol. The Morgan fingerprint density at radius 1 is 1.29 bits per heavy atom. The summed E-state index contributed by atoms with van der Waals surface area (Å²) in [5, 5.41) is 3.58. The minimum atomic E-state index is -0.0313. The Labute approximate surface area is 147 Å². The van der Waals surface area contributed by atoms with Crippen molar-refractivity contribution in [1.82, 2.24) is 5.32 Å². The summed E-state index contributed by atoms with van der Waals surface area (Å²) in [6.07, 6.45) is 0. The normalized spacial score (nSPS) is 16.9. The highest BCUT2D eigenvalue weighted by atomic mass is 35.5. The predicted octanol–water partition coefficient (Wildman–Crippen LogP) is 3.13. The molecule has 4 nitrogen and oxygen atoms in total. The Morgan fingerprint density at radius 3 is 2.75 bits per heavy atom. The number of carbonyl (C=O) groups is 1. The molecule has 24 heavy (non-hydrogen) atoms. The maximum absolute atomic E-state index is 11.3. The van der Waals surface area contributed by atoms with Crippen molar-refractivity contribution in [2.24, 2.45) is 4.99 Å². The first-order valence-electron chi connectivity index (χ1n) is 7.93. The molecule has 0 saturated carbocycles. The van der Waals surface area contributed by atoms with Gasteiger partial charge in [-0.2, -0.15) is 0 Å². The van der Waals surface area contributed by atoms with Gasteiger partial charge in [-0.15, -0.1) is 0 Å². The second kappa shape index (κ2) is 7.05. The average Bonchev–Trinajstić information content (AvgIpc) is 2.70. The number of benzodiazepines with no additional fused rings is 1. The van der Waals surface area contributed by atoms with Crippen molar-refractivity contribution in [3.05, 3.63) is 64.7 Å². The zero-order chi connectivity index (χ0) is 17.1. The maximum Gasteiger partial charge on any atom is 0.216 e.